The molecule has 0 atom stereocenters. The van der Waals surface area contributed by atoms with Crippen LogP contribution in [-0.2, 0) is 4.79 Å². The van der Waals surface area contributed by atoms with Crippen molar-refractivity contribution in [1.29, 1.82) is 0 Å². The number of unbranched alkanes of at least 4 members (excludes halogenated alkanes) is 8. The molecule has 130 valence electrons. The Labute approximate surface area is 141 Å². The molecule has 2 N–H and O–H groups in total. The van der Waals surface area contributed by atoms with E-state index in [-0.39, 0.29) is 0 Å². The Hall–Kier alpha value is -1.77. The zero-order valence-corrected chi connectivity index (χ0v) is 14.4. The summed E-state index contributed by atoms with van der Waals surface area (Å²) in [6, 6.07) is 0. The van der Waals surface area contributed by atoms with Crippen molar-refractivity contribution in [2.45, 2.75) is 71.1 Å². The zero-order chi connectivity index (χ0) is 17.2. The second-order valence-corrected chi connectivity index (χ2v) is 5.70. The van der Waals surface area contributed by atoms with E-state index in [0.29, 0.717) is 5.76 Å². The molecule has 0 aromatic heterocycles. The molecule has 0 amide bonds. The summed E-state index contributed by atoms with van der Waals surface area (Å²) in [5.74, 6) is -0.559. The van der Waals surface area contributed by atoms with Gasteiger partial charge in [-0.2, -0.15) is 0 Å². The highest BCUT2D eigenvalue weighted by Crippen LogP contribution is 2.12. The zero-order valence-electron chi connectivity index (χ0n) is 14.4. The van der Waals surface area contributed by atoms with Crippen molar-refractivity contribution >= 4 is 5.97 Å². The first kappa shape index (κ1) is 21.2. The Morgan fingerprint density at radius 3 is 1.87 bits per heavy atom. The normalized spacial score (nSPS) is 12.8. The summed E-state index contributed by atoms with van der Waals surface area (Å²) >= 11 is 0. The number of hydrogen-bond acceptors (Lipinski definition) is 2. The minimum absolute atomic E-state index is 0.402. The molecule has 0 saturated carbocycles. The maximum atomic E-state index is 10.2. The monoisotopic (exact) mass is 320 g/mol. The van der Waals surface area contributed by atoms with Crippen molar-refractivity contribution in [2.75, 3.05) is 0 Å². The second-order valence-electron chi connectivity index (χ2n) is 5.70. The van der Waals surface area contributed by atoms with Crippen LogP contribution >= 0.6 is 0 Å². The predicted octanol–water partition coefficient (Wildman–Crippen LogP) is 6.10. The molecule has 0 bridgehead atoms. The van der Waals surface area contributed by atoms with Crippen LogP contribution in [0.4, 0.5) is 0 Å². The molecule has 0 rings (SSSR count). The van der Waals surface area contributed by atoms with Crippen LogP contribution in [0.2, 0.25) is 0 Å². The van der Waals surface area contributed by atoms with Gasteiger partial charge in [0.25, 0.3) is 0 Å². The van der Waals surface area contributed by atoms with Crippen LogP contribution in [0.5, 0.6) is 0 Å². The first-order valence-corrected chi connectivity index (χ1v) is 8.79. The number of allylic oxidation sites excluding steroid dienone is 7. The maximum Gasteiger partial charge on any atom is 0.328 e. The minimum atomic E-state index is -0.961. The van der Waals surface area contributed by atoms with Crippen molar-refractivity contribution in [3.63, 3.8) is 0 Å². The number of rotatable bonds is 14. The molecule has 0 spiro atoms. The van der Waals surface area contributed by atoms with Gasteiger partial charge in [-0.3, -0.25) is 0 Å². The SMILES string of the molecule is CCCCCCCCCCCC(O)=CC=CC=CC=CC(=O)O. The average molecular weight is 320 g/mol. The number of carboxylic acid groups (broad SMARTS) is 1. The molecular formula is C20H32O3. The van der Waals surface area contributed by atoms with Gasteiger partial charge in [-0.05, 0) is 12.5 Å². The van der Waals surface area contributed by atoms with Crippen LogP contribution in [0.3, 0.4) is 0 Å². The number of carbonyl (C=O) groups is 1. The van der Waals surface area contributed by atoms with Gasteiger partial charge in [-0.25, -0.2) is 4.79 Å². The third kappa shape index (κ3) is 18.2. The van der Waals surface area contributed by atoms with Crippen molar-refractivity contribution in [2.24, 2.45) is 0 Å². The standard InChI is InChI=1S/C20H32O3/c1-2-3-4-5-6-7-8-10-13-16-19(21)17-14-11-9-12-15-18-20(22)23/h9,11-12,14-15,17-18,21H,2-8,10,13,16H2,1H3,(H,22,23). The summed E-state index contributed by atoms with van der Waals surface area (Å²) in [5.41, 5.74) is 0. The molecule has 23 heavy (non-hydrogen) atoms. The summed E-state index contributed by atoms with van der Waals surface area (Å²) in [6.45, 7) is 2.24. The summed E-state index contributed by atoms with van der Waals surface area (Å²) in [7, 11) is 0. The fourth-order valence-electron chi connectivity index (χ4n) is 2.20. The van der Waals surface area contributed by atoms with Crippen molar-refractivity contribution in [3.8, 4) is 0 Å². The van der Waals surface area contributed by atoms with Crippen molar-refractivity contribution < 1.29 is 15.0 Å². The van der Waals surface area contributed by atoms with Crippen LogP contribution in [-0.4, -0.2) is 16.2 Å². The number of hydrogen-bond donors (Lipinski definition) is 2. The molecule has 0 aromatic rings. The third-order valence-corrected chi connectivity index (χ3v) is 3.51. The molecular weight excluding hydrogens is 288 g/mol. The minimum Gasteiger partial charge on any atom is -0.512 e. The second kappa shape index (κ2) is 16.6. The molecule has 0 aliphatic carbocycles. The Kier molecular flexibility index (Phi) is 15.3. The van der Waals surface area contributed by atoms with Crippen LogP contribution in [0.25, 0.3) is 0 Å². The van der Waals surface area contributed by atoms with E-state index in [1.54, 1.807) is 30.4 Å². The molecule has 0 aromatic carbocycles. The van der Waals surface area contributed by atoms with E-state index in [4.69, 9.17) is 5.11 Å². The van der Waals surface area contributed by atoms with Gasteiger partial charge < -0.3 is 10.2 Å². The van der Waals surface area contributed by atoms with Gasteiger partial charge in [-0.15, -0.1) is 0 Å². The largest absolute Gasteiger partial charge is 0.512 e. The van der Waals surface area contributed by atoms with E-state index in [9.17, 15) is 9.90 Å². The molecule has 0 fully saturated rings. The van der Waals surface area contributed by atoms with Crippen LogP contribution in [0.1, 0.15) is 71.1 Å². The Bertz CT molecular complexity index is 403. The summed E-state index contributed by atoms with van der Waals surface area (Å²) in [6.07, 6.45) is 23.3. The van der Waals surface area contributed by atoms with Gasteiger partial charge in [0.2, 0.25) is 0 Å². The highest BCUT2D eigenvalue weighted by atomic mass is 16.4. The molecule has 0 unspecified atom stereocenters. The van der Waals surface area contributed by atoms with Gasteiger partial charge in [0.05, 0.1) is 5.76 Å². The van der Waals surface area contributed by atoms with E-state index in [2.05, 4.69) is 6.92 Å². The van der Waals surface area contributed by atoms with Crippen molar-refractivity contribution in [1.82, 2.24) is 0 Å². The number of aliphatic carboxylic acids is 1. The van der Waals surface area contributed by atoms with E-state index >= 15 is 0 Å². The highest BCUT2D eigenvalue weighted by molar-refractivity contribution is 5.80. The molecule has 0 radical (unpaired) electrons. The summed E-state index contributed by atoms with van der Waals surface area (Å²) in [4.78, 5) is 10.2. The molecule has 0 heterocycles. The number of carboxylic acids is 1. The predicted molar refractivity (Wildman–Crippen MR) is 97.6 cm³/mol. The van der Waals surface area contributed by atoms with Gasteiger partial charge in [0.15, 0.2) is 0 Å². The summed E-state index contributed by atoms with van der Waals surface area (Å²) < 4.78 is 0. The van der Waals surface area contributed by atoms with Crippen LogP contribution in [0, 0.1) is 0 Å². The fourth-order valence-corrected chi connectivity index (χ4v) is 2.20. The first-order valence-electron chi connectivity index (χ1n) is 8.79. The summed E-state index contributed by atoms with van der Waals surface area (Å²) in [5, 5.41) is 18.1. The molecule has 0 saturated heterocycles. The van der Waals surface area contributed by atoms with Gasteiger partial charge in [-0.1, -0.05) is 88.7 Å². The van der Waals surface area contributed by atoms with Gasteiger partial charge in [0.1, 0.15) is 0 Å². The Balaban J connectivity index is 3.58. The number of aliphatic hydroxyl groups excluding tert-OH is 1. The lowest BCUT2D eigenvalue weighted by molar-refractivity contribution is -0.131. The Morgan fingerprint density at radius 1 is 0.739 bits per heavy atom. The Morgan fingerprint density at radius 2 is 1.26 bits per heavy atom. The molecule has 3 heteroatoms. The van der Waals surface area contributed by atoms with Crippen LogP contribution < -0.4 is 0 Å². The van der Waals surface area contributed by atoms with E-state index < -0.39 is 5.97 Å². The fraction of sp³-hybridized carbons (Fsp3) is 0.550. The van der Waals surface area contributed by atoms with E-state index in [0.717, 1.165) is 18.9 Å². The van der Waals surface area contributed by atoms with Crippen molar-refractivity contribution in [3.05, 3.63) is 48.3 Å². The van der Waals surface area contributed by atoms with E-state index in [1.807, 2.05) is 0 Å². The topological polar surface area (TPSA) is 57.5 Å². The lowest BCUT2D eigenvalue weighted by atomic mass is 10.1. The maximum absolute atomic E-state index is 10.2. The van der Waals surface area contributed by atoms with Gasteiger partial charge >= 0.3 is 5.97 Å². The first-order chi connectivity index (χ1) is 11.2. The quantitative estimate of drug-likeness (QED) is 0.176. The smallest absolute Gasteiger partial charge is 0.328 e. The average Bonchev–Trinajstić information content (AvgIpc) is 2.52. The highest BCUT2D eigenvalue weighted by Gasteiger charge is 1.94. The third-order valence-electron chi connectivity index (χ3n) is 3.51. The lowest BCUT2D eigenvalue weighted by Gasteiger charge is -2.02. The lowest BCUT2D eigenvalue weighted by Crippen LogP contribution is -1.84. The van der Waals surface area contributed by atoms with Crippen LogP contribution in [0.15, 0.2) is 48.3 Å². The van der Waals surface area contributed by atoms with E-state index in [1.165, 1.54) is 57.4 Å². The molecule has 0 aliphatic rings. The number of aliphatic hydroxyl groups is 1. The molecule has 3 nitrogen and oxygen atoms in total. The van der Waals surface area contributed by atoms with Gasteiger partial charge in [0, 0.05) is 12.5 Å². The molecule has 0 aliphatic heterocycles.